The van der Waals surface area contributed by atoms with E-state index in [-0.39, 0.29) is 16.6 Å². The molecule has 2 aromatic rings. The van der Waals surface area contributed by atoms with Gasteiger partial charge >= 0.3 is 0 Å². The highest BCUT2D eigenvalue weighted by atomic mass is 35.5. The molecular formula is C17H15ClO4. The Labute approximate surface area is 133 Å². The molecule has 1 N–H and O–H groups in total. The Hall–Kier alpha value is -2.46. The number of carbonyl (C=O) groups excluding carboxylic acids is 1. The number of methoxy groups -OCH3 is 2. The minimum atomic E-state index is -0.158. The molecule has 5 heteroatoms. The van der Waals surface area contributed by atoms with Gasteiger partial charge in [0.2, 0.25) is 0 Å². The van der Waals surface area contributed by atoms with Crippen LogP contribution in [-0.2, 0) is 0 Å². The number of carbonyl (C=O) groups is 1. The third kappa shape index (κ3) is 3.59. The molecule has 0 saturated heterocycles. The Morgan fingerprint density at radius 3 is 2.41 bits per heavy atom. The molecule has 0 fully saturated rings. The maximum absolute atomic E-state index is 12.1. The van der Waals surface area contributed by atoms with E-state index in [1.165, 1.54) is 25.3 Å². The standard InChI is InChI=1S/C17H15ClO4/c1-21-13-6-3-11(4-7-13)15(19)8-5-12-9-14(18)16(20)10-17(12)22-2/h3-10,20H,1-2H3/b8-5+. The van der Waals surface area contributed by atoms with Crippen LogP contribution in [0.2, 0.25) is 5.02 Å². The van der Waals surface area contributed by atoms with Gasteiger partial charge in [0.05, 0.1) is 19.2 Å². The fourth-order valence-electron chi connectivity index (χ4n) is 1.88. The van der Waals surface area contributed by atoms with Crippen LogP contribution in [0.15, 0.2) is 42.5 Å². The van der Waals surface area contributed by atoms with Crippen LogP contribution < -0.4 is 9.47 Å². The smallest absolute Gasteiger partial charge is 0.185 e. The molecule has 0 aliphatic carbocycles. The summed E-state index contributed by atoms with van der Waals surface area (Å²) in [6, 6.07) is 9.75. The molecule has 0 aromatic heterocycles. The summed E-state index contributed by atoms with van der Waals surface area (Å²) in [4.78, 5) is 12.1. The quantitative estimate of drug-likeness (QED) is 0.669. The van der Waals surface area contributed by atoms with Crippen LogP contribution in [0.4, 0.5) is 0 Å². The SMILES string of the molecule is COc1ccc(C(=O)/C=C/c2cc(Cl)c(O)cc2OC)cc1. The molecule has 0 amide bonds. The van der Waals surface area contributed by atoms with Gasteiger partial charge in [0, 0.05) is 17.2 Å². The average molecular weight is 319 g/mol. The minimum Gasteiger partial charge on any atom is -0.506 e. The van der Waals surface area contributed by atoms with Crippen molar-refractivity contribution in [3.05, 3.63) is 58.6 Å². The first-order valence-electron chi connectivity index (χ1n) is 6.48. The molecule has 0 saturated carbocycles. The molecule has 0 atom stereocenters. The van der Waals surface area contributed by atoms with E-state index in [0.717, 1.165) is 0 Å². The Kier molecular flexibility index (Phi) is 5.07. The lowest BCUT2D eigenvalue weighted by molar-refractivity contribution is 0.104. The first-order chi connectivity index (χ1) is 10.5. The fraction of sp³-hybridized carbons (Fsp3) is 0.118. The minimum absolute atomic E-state index is 0.0721. The second kappa shape index (κ2) is 7.00. The van der Waals surface area contributed by atoms with Crippen molar-refractivity contribution in [2.75, 3.05) is 14.2 Å². The fourth-order valence-corrected chi connectivity index (χ4v) is 2.05. The lowest BCUT2D eigenvalue weighted by Crippen LogP contribution is -1.94. The molecule has 0 aliphatic rings. The van der Waals surface area contributed by atoms with Crippen LogP contribution in [0.5, 0.6) is 17.2 Å². The number of allylic oxidation sites excluding steroid dienone is 1. The molecule has 22 heavy (non-hydrogen) atoms. The monoisotopic (exact) mass is 318 g/mol. The molecule has 0 aliphatic heterocycles. The third-order valence-corrected chi connectivity index (χ3v) is 3.39. The predicted molar refractivity (Wildman–Crippen MR) is 86.0 cm³/mol. The van der Waals surface area contributed by atoms with E-state index in [4.69, 9.17) is 21.1 Å². The van der Waals surface area contributed by atoms with Gasteiger partial charge in [-0.25, -0.2) is 0 Å². The second-order valence-corrected chi connectivity index (χ2v) is 4.88. The number of halogens is 1. The van der Waals surface area contributed by atoms with Crippen molar-refractivity contribution in [1.82, 2.24) is 0 Å². The van der Waals surface area contributed by atoms with Gasteiger partial charge < -0.3 is 14.6 Å². The predicted octanol–water partition coefficient (Wildman–Crippen LogP) is 3.96. The van der Waals surface area contributed by atoms with Crippen LogP contribution in [0.3, 0.4) is 0 Å². The maximum Gasteiger partial charge on any atom is 0.185 e. The summed E-state index contributed by atoms with van der Waals surface area (Å²) in [7, 11) is 3.04. The van der Waals surface area contributed by atoms with E-state index >= 15 is 0 Å². The van der Waals surface area contributed by atoms with Crippen LogP contribution in [0, 0.1) is 0 Å². The number of phenols is 1. The lowest BCUT2D eigenvalue weighted by Gasteiger charge is -2.06. The van der Waals surface area contributed by atoms with Crippen molar-refractivity contribution in [2.45, 2.75) is 0 Å². The highest BCUT2D eigenvalue weighted by molar-refractivity contribution is 6.32. The Balaban J connectivity index is 2.23. The molecule has 0 unspecified atom stereocenters. The van der Waals surface area contributed by atoms with Gasteiger partial charge in [-0.1, -0.05) is 11.6 Å². The van der Waals surface area contributed by atoms with Crippen LogP contribution in [0.25, 0.3) is 6.08 Å². The number of ketones is 1. The third-order valence-electron chi connectivity index (χ3n) is 3.09. The topological polar surface area (TPSA) is 55.8 Å². The summed E-state index contributed by atoms with van der Waals surface area (Å²) in [5.74, 6) is 0.888. The number of aromatic hydroxyl groups is 1. The molecule has 0 spiro atoms. The summed E-state index contributed by atoms with van der Waals surface area (Å²) < 4.78 is 10.2. The Morgan fingerprint density at radius 2 is 1.82 bits per heavy atom. The molecular weight excluding hydrogens is 304 g/mol. The van der Waals surface area contributed by atoms with Crippen molar-refractivity contribution in [1.29, 1.82) is 0 Å². The Morgan fingerprint density at radius 1 is 1.14 bits per heavy atom. The molecule has 0 radical (unpaired) electrons. The number of hydrogen-bond acceptors (Lipinski definition) is 4. The molecule has 114 valence electrons. The molecule has 4 nitrogen and oxygen atoms in total. The average Bonchev–Trinajstić information content (AvgIpc) is 2.55. The number of benzene rings is 2. The molecule has 2 rings (SSSR count). The largest absolute Gasteiger partial charge is 0.506 e. The van der Waals surface area contributed by atoms with Crippen molar-refractivity contribution in [3.8, 4) is 17.2 Å². The Bertz CT molecular complexity index is 705. The number of hydrogen-bond donors (Lipinski definition) is 1. The first-order valence-corrected chi connectivity index (χ1v) is 6.86. The zero-order valence-corrected chi connectivity index (χ0v) is 12.9. The van der Waals surface area contributed by atoms with Crippen LogP contribution in [0.1, 0.15) is 15.9 Å². The van der Waals surface area contributed by atoms with Crippen molar-refractivity contribution < 1.29 is 19.4 Å². The zero-order chi connectivity index (χ0) is 16.1. The van der Waals surface area contributed by atoms with Crippen molar-refractivity contribution >= 4 is 23.5 Å². The van der Waals surface area contributed by atoms with E-state index in [1.54, 1.807) is 37.5 Å². The van der Waals surface area contributed by atoms with Gasteiger partial charge in [-0.15, -0.1) is 0 Å². The second-order valence-electron chi connectivity index (χ2n) is 4.47. The first kappa shape index (κ1) is 15.9. The number of phenolic OH excluding ortho intramolecular Hbond substituents is 1. The summed E-state index contributed by atoms with van der Waals surface area (Å²) in [6.07, 6.45) is 3.02. The maximum atomic E-state index is 12.1. The highest BCUT2D eigenvalue weighted by Gasteiger charge is 2.07. The zero-order valence-electron chi connectivity index (χ0n) is 12.2. The van der Waals surface area contributed by atoms with Gasteiger partial charge in [0.15, 0.2) is 5.78 Å². The van der Waals surface area contributed by atoms with Gasteiger partial charge in [-0.05, 0) is 42.5 Å². The molecule has 2 aromatic carbocycles. The summed E-state index contributed by atoms with van der Waals surface area (Å²) >= 11 is 5.87. The van der Waals surface area contributed by atoms with Gasteiger partial charge in [0.25, 0.3) is 0 Å². The number of ether oxygens (including phenoxy) is 2. The van der Waals surface area contributed by atoms with Gasteiger partial charge in [-0.3, -0.25) is 4.79 Å². The van der Waals surface area contributed by atoms with Gasteiger partial charge in [-0.2, -0.15) is 0 Å². The molecule has 0 heterocycles. The van der Waals surface area contributed by atoms with Crippen molar-refractivity contribution in [2.24, 2.45) is 0 Å². The van der Waals surface area contributed by atoms with Gasteiger partial charge in [0.1, 0.15) is 17.2 Å². The summed E-state index contributed by atoms with van der Waals surface area (Å²) in [5.41, 5.74) is 1.15. The van der Waals surface area contributed by atoms with E-state index < -0.39 is 0 Å². The van der Waals surface area contributed by atoms with Crippen LogP contribution >= 0.6 is 11.6 Å². The van der Waals surface area contributed by atoms with E-state index in [0.29, 0.717) is 22.6 Å². The van der Waals surface area contributed by atoms with Crippen molar-refractivity contribution in [3.63, 3.8) is 0 Å². The van der Waals surface area contributed by atoms with E-state index in [9.17, 15) is 9.90 Å². The van der Waals surface area contributed by atoms with E-state index in [1.807, 2.05) is 0 Å². The number of rotatable bonds is 5. The highest BCUT2D eigenvalue weighted by Crippen LogP contribution is 2.32. The summed E-state index contributed by atoms with van der Waals surface area (Å²) in [6.45, 7) is 0. The summed E-state index contributed by atoms with van der Waals surface area (Å²) in [5, 5.41) is 9.74. The lowest BCUT2D eigenvalue weighted by atomic mass is 10.1. The molecule has 0 bridgehead atoms. The van der Waals surface area contributed by atoms with E-state index in [2.05, 4.69) is 0 Å². The normalized spacial score (nSPS) is 10.7. The van der Waals surface area contributed by atoms with Crippen LogP contribution in [-0.4, -0.2) is 25.1 Å².